The number of carbonyl (C=O) groups is 1. The molecule has 3 aromatic rings. The number of thioether (sulfide) groups is 1. The van der Waals surface area contributed by atoms with Gasteiger partial charge < -0.3 is 9.32 Å². The highest BCUT2D eigenvalue weighted by Gasteiger charge is 2.27. The van der Waals surface area contributed by atoms with Gasteiger partial charge >= 0.3 is 0 Å². The second-order valence-electron chi connectivity index (χ2n) is 6.14. The minimum Gasteiger partial charge on any atom is -0.416 e. The number of nitrogens with zero attached hydrogens (tertiary/aromatic N) is 4. The Balaban J connectivity index is 1.36. The number of aromatic nitrogens is 3. The maximum atomic E-state index is 12.7. The van der Waals surface area contributed by atoms with Gasteiger partial charge in [-0.05, 0) is 37.3 Å². The summed E-state index contributed by atoms with van der Waals surface area (Å²) in [5.41, 5.74) is 2.20. The number of thiazole rings is 1. The minimum atomic E-state index is -0.259. The van der Waals surface area contributed by atoms with Crippen LogP contribution in [0, 0.1) is 6.92 Å². The van der Waals surface area contributed by atoms with Crippen molar-refractivity contribution in [1.82, 2.24) is 20.1 Å². The van der Waals surface area contributed by atoms with E-state index in [1.54, 1.807) is 22.7 Å². The summed E-state index contributed by atoms with van der Waals surface area (Å²) in [7, 11) is 0. The molecule has 0 aromatic carbocycles. The van der Waals surface area contributed by atoms with E-state index in [0.717, 1.165) is 23.7 Å². The van der Waals surface area contributed by atoms with Crippen molar-refractivity contribution in [2.75, 3.05) is 6.54 Å². The van der Waals surface area contributed by atoms with Crippen LogP contribution in [0.4, 0.5) is 0 Å². The fourth-order valence-corrected chi connectivity index (χ4v) is 5.18. The maximum Gasteiger partial charge on any atom is 0.277 e. The van der Waals surface area contributed by atoms with E-state index < -0.39 is 0 Å². The van der Waals surface area contributed by atoms with Gasteiger partial charge in [0.25, 0.3) is 5.22 Å². The molecule has 4 heterocycles. The van der Waals surface area contributed by atoms with Crippen LogP contribution in [0.2, 0.25) is 0 Å². The van der Waals surface area contributed by atoms with Crippen molar-refractivity contribution in [3.63, 3.8) is 0 Å². The van der Waals surface area contributed by atoms with Crippen LogP contribution in [0.15, 0.2) is 26.5 Å². The highest BCUT2D eigenvalue weighted by molar-refractivity contribution is 8.00. The predicted octanol–water partition coefficient (Wildman–Crippen LogP) is 3.55. The molecule has 0 spiro atoms. The van der Waals surface area contributed by atoms with Crippen molar-refractivity contribution < 1.29 is 9.21 Å². The molecule has 0 saturated carbocycles. The molecule has 0 fully saturated rings. The van der Waals surface area contributed by atoms with Crippen molar-refractivity contribution in [2.45, 2.75) is 43.7 Å². The van der Waals surface area contributed by atoms with Gasteiger partial charge in [-0.3, -0.25) is 4.79 Å². The van der Waals surface area contributed by atoms with Gasteiger partial charge in [-0.25, -0.2) is 4.98 Å². The molecule has 0 aliphatic carbocycles. The lowest BCUT2D eigenvalue weighted by Crippen LogP contribution is -2.39. The predicted molar refractivity (Wildman–Crippen MR) is 103 cm³/mol. The summed E-state index contributed by atoms with van der Waals surface area (Å²) in [6, 6.07) is 2.11. The number of hydrogen-bond acceptors (Lipinski definition) is 8. The third-order valence-corrected chi connectivity index (χ3v) is 6.96. The average Bonchev–Trinajstić information content (AvgIpc) is 3.35. The molecule has 6 nitrogen and oxygen atoms in total. The fraction of sp³-hybridized carbons (Fsp3) is 0.412. The summed E-state index contributed by atoms with van der Waals surface area (Å²) in [6.07, 6.45) is 1.46. The van der Waals surface area contributed by atoms with Crippen molar-refractivity contribution in [3.8, 4) is 0 Å². The van der Waals surface area contributed by atoms with Crippen molar-refractivity contribution in [3.05, 3.63) is 43.9 Å². The van der Waals surface area contributed by atoms with Crippen LogP contribution in [-0.2, 0) is 24.2 Å². The van der Waals surface area contributed by atoms with Gasteiger partial charge in [0, 0.05) is 23.3 Å². The molecular weight excluding hydrogens is 388 g/mol. The number of amides is 1. The number of hydrogen-bond donors (Lipinski definition) is 0. The van der Waals surface area contributed by atoms with Crippen LogP contribution in [0.1, 0.15) is 34.0 Å². The van der Waals surface area contributed by atoms with Crippen LogP contribution in [0.3, 0.4) is 0 Å². The van der Waals surface area contributed by atoms with Gasteiger partial charge in [-0.1, -0.05) is 11.8 Å². The largest absolute Gasteiger partial charge is 0.416 e. The monoisotopic (exact) mass is 406 g/mol. The van der Waals surface area contributed by atoms with E-state index in [1.165, 1.54) is 22.2 Å². The first-order valence-electron chi connectivity index (χ1n) is 8.32. The Morgan fingerprint density at radius 3 is 3.12 bits per heavy atom. The zero-order valence-corrected chi connectivity index (χ0v) is 16.9. The number of aryl methyl sites for hydroxylation is 1. The Labute approximate surface area is 163 Å². The van der Waals surface area contributed by atoms with Gasteiger partial charge in [-0.2, -0.15) is 0 Å². The summed E-state index contributed by atoms with van der Waals surface area (Å²) in [4.78, 5) is 20.5. The molecule has 1 aliphatic rings. The van der Waals surface area contributed by atoms with E-state index >= 15 is 0 Å². The van der Waals surface area contributed by atoms with Crippen molar-refractivity contribution in [2.24, 2.45) is 0 Å². The molecule has 1 atom stereocenters. The second kappa shape index (κ2) is 7.50. The molecule has 0 bridgehead atoms. The molecule has 26 heavy (non-hydrogen) atoms. The molecule has 4 rings (SSSR count). The van der Waals surface area contributed by atoms with E-state index in [-0.39, 0.29) is 11.2 Å². The van der Waals surface area contributed by atoms with Gasteiger partial charge in [-0.15, -0.1) is 32.9 Å². The minimum absolute atomic E-state index is 0.113. The standard InChI is InChI=1S/C17H18N4O2S3/c1-10(16(22)21-5-3-14-12(8-21)4-6-24-14)26-17-20-19-15(23-17)7-13-9-25-11(2)18-13/h4,6,9-10H,3,5,7-8H2,1-2H3. The normalized spacial score (nSPS) is 15.1. The first-order valence-corrected chi connectivity index (χ1v) is 11.0. The third-order valence-electron chi connectivity index (χ3n) is 4.19. The lowest BCUT2D eigenvalue weighted by atomic mass is 10.1. The quantitative estimate of drug-likeness (QED) is 0.604. The summed E-state index contributed by atoms with van der Waals surface area (Å²) in [5.74, 6) is 0.639. The summed E-state index contributed by atoms with van der Waals surface area (Å²) < 4.78 is 5.69. The Morgan fingerprint density at radius 1 is 1.42 bits per heavy atom. The number of thiophene rings is 1. The van der Waals surface area contributed by atoms with Gasteiger partial charge in [0.2, 0.25) is 11.8 Å². The molecule has 0 radical (unpaired) electrons. The van der Waals surface area contributed by atoms with Gasteiger partial charge in [0.15, 0.2) is 0 Å². The second-order valence-corrected chi connectivity index (χ2v) is 9.49. The molecule has 0 saturated heterocycles. The van der Waals surface area contributed by atoms with E-state index in [9.17, 15) is 4.79 Å². The van der Waals surface area contributed by atoms with E-state index in [2.05, 4.69) is 26.6 Å². The zero-order valence-electron chi connectivity index (χ0n) is 14.5. The summed E-state index contributed by atoms with van der Waals surface area (Å²) in [5, 5.41) is 13.4. The summed E-state index contributed by atoms with van der Waals surface area (Å²) >= 11 is 4.69. The molecule has 1 amide bonds. The Hall–Kier alpha value is -1.71. The van der Waals surface area contributed by atoms with Crippen LogP contribution < -0.4 is 0 Å². The van der Waals surface area contributed by atoms with Crippen LogP contribution in [-0.4, -0.2) is 37.8 Å². The molecule has 1 aliphatic heterocycles. The van der Waals surface area contributed by atoms with Crippen molar-refractivity contribution in [1.29, 1.82) is 0 Å². The SMILES string of the molecule is Cc1nc(Cc2nnc(SC(C)C(=O)N3CCc4sccc4C3)o2)cs1. The Morgan fingerprint density at radius 2 is 2.31 bits per heavy atom. The highest BCUT2D eigenvalue weighted by Crippen LogP contribution is 2.28. The smallest absolute Gasteiger partial charge is 0.277 e. The van der Waals surface area contributed by atoms with E-state index in [4.69, 9.17) is 4.42 Å². The van der Waals surface area contributed by atoms with Crippen molar-refractivity contribution >= 4 is 40.3 Å². The lowest BCUT2D eigenvalue weighted by Gasteiger charge is -2.28. The first-order chi connectivity index (χ1) is 12.6. The van der Waals surface area contributed by atoms with E-state index in [0.29, 0.717) is 24.1 Å². The maximum absolute atomic E-state index is 12.7. The van der Waals surface area contributed by atoms with Gasteiger partial charge in [0.1, 0.15) is 0 Å². The van der Waals surface area contributed by atoms with Crippen LogP contribution in [0.25, 0.3) is 0 Å². The lowest BCUT2D eigenvalue weighted by molar-refractivity contribution is -0.131. The van der Waals surface area contributed by atoms with Gasteiger partial charge in [0.05, 0.1) is 22.4 Å². The topological polar surface area (TPSA) is 72.1 Å². The van der Waals surface area contributed by atoms with E-state index in [1.807, 2.05) is 24.1 Å². The third kappa shape index (κ3) is 3.84. The highest BCUT2D eigenvalue weighted by atomic mass is 32.2. The summed E-state index contributed by atoms with van der Waals surface area (Å²) in [6.45, 7) is 5.33. The number of carbonyl (C=O) groups excluding carboxylic acids is 1. The molecule has 136 valence electrons. The zero-order chi connectivity index (χ0) is 18.1. The molecule has 9 heteroatoms. The average molecular weight is 407 g/mol. The molecule has 3 aromatic heterocycles. The molecule has 0 N–H and O–H groups in total. The Bertz CT molecular complexity index is 917. The Kier molecular flexibility index (Phi) is 5.10. The number of fused-ring (bicyclic) bond motifs is 1. The molecular formula is C17H18N4O2S3. The van der Waals surface area contributed by atoms with Crippen LogP contribution in [0.5, 0.6) is 0 Å². The fourth-order valence-electron chi connectivity index (χ4n) is 2.90. The molecule has 1 unspecified atom stereocenters. The number of rotatable bonds is 5. The first kappa shape index (κ1) is 17.7. The van der Waals surface area contributed by atoms with Crippen LogP contribution >= 0.6 is 34.4 Å².